The molecule has 10 heavy (non-hydrogen) atoms. The normalized spacial score (nSPS) is 44.2. The third kappa shape index (κ3) is 0.669. The van der Waals surface area contributed by atoms with Crippen LogP contribution in [0.5, 0.6) is 0 Å². The molecule has 1 heterocycles. The molecule has 3 heteroatoms. The summed E-state index contributed by atoms with van der Waals surface area (Å²) < 4.78 is 0. The Hall–Kier alpha value is -0.570. The zero-order valence-corrected chi connectivity index (χ0v) is 5.71. The van der Waals surface area contributed by atoms with E-state index in [1.807, 2.05) is 0 Å². The van der Waals surface area contributed by atoms with Crippen molar-refractivity contribution < 1.29 is 9.90 Å². The molecule has 2 N–H and O–H groups in total. The summed E-state index contributed by atoms with van der Waals surface area (Å²) in [5.74, 6) is 0.436. The van der Waals surface area contributed by atoms with E-state index in [1.165, 1.54) is 6.42 Å². The molecule has 0 aromatic heterocycles. The lowest BCUT2D eigenvalue weighted by molar-refractivity contribution is -0.141. The van der Waals surface area contributed by atoms with Gasteiger partial charge >= 0.3 is 5.97 Å². The number of carboxylic acids is 1. The molecule has 0 aromatic carbocycles. The van der Waals surface area contributed by atoms with Crippen LogP contribution < -0.4 is 5.32 Å². The van der Waals surface area contributed by atoms with Crippen LogP contribution in [0.3, 0.4) is 0 Å². The molecule has 2 rings (SSSR count). The minimum Gasteiger partial charge on any atom is -0.480 e. The fourth-order valence-corrected chi connectivity index (χ4v) is 1.99. The maximum Gasteiger partial charge on any atom is 0.320 e. The second-order valence-electron chi connectivity index (χ2n) is 3.23. The van der Waals surface area contributed by atoms with Crippen molar-refractivity contribution in [3.8, 4) is 0 Å². The predicted molar refractivity (Wildman–Crippen MR) is 35.6 cm³/mol. The molecule has 0 spiro atoms. The van der Waals surface area contributed by atoms with Gasteiger partial charge in [-0.15, -0.1) is 0 Å². The summed E-state index contributed by atoms with van der Waals surface area (Å²) in [6.07, 6.45) is 2.33. The SMILES string of the molecule is O=C(O)C1NCC2CCC21. The zero-order chi connectivity index (χ0) is 7.14. The Bertz CT molecular complexity index is 169. The molecule has 3 unspecified atom stereocenters. The first kappa shape index (κ1) is 6.16. The minimum absolute atomic E-state index is 0.237. The monoisotopic (exact) mass is 141 g/mol. The van der Waals surface area contributed by atoms with E-state index in [0.717, 1.165) is 13.0 Å². The van der Waals surface area contributed by atoms with E-state index in [0.29, 0.717) is 11.8 Å². The number of aliphatic carboxylic acids is 1. The summed E-state index contributed by atoms with van der Waals surface area (Å²) in [5.41, 5.74) is 0. The predicted octanol–water partition coefficient (Wildman–Crippen LogP) is 0.0690. The maximum atomic E-state index is 10.5. The molecule has 0 bridgehead atoms. The van der Waals surface area contributed by atoms with E-state index < -0.39 is 5.97 Å². The van der Waals surface area contributed by atoms with Crippen molar-refractivity contribution in [2.45, 2.75) is 18.9 Å². The first-order chi connectivity index (χ1) is 4.79. The third-order valence-corrected chi connectivity index (χ3v) is 2.77. The van der Waals surface area contributed by atoms with Crippen molar-refractivity contribution in [1.29, 1.82) is 0 Å². The molecule has 1 saturated heterocycles. The summed E-state index contributed by atoms with van der Waals surface area (Å²) in [6, 6.07) is -0.237. The molecule has 3 nitrogen and oxygen atoms in total. The number of fused-ring (bicyclic) bond motifs is 1. The van der Waals surface area contributed by atoms with E-state index in [9.17, 15) is 4.79 Å². The van der Waals surface area contributed by atoms with Crippen LogP contribution in [0, 0.1) is 11.8 Å². The molecule has 56 valence electrons. The van der Waals surface area contributed by atoms with Gasteiger partial charge in [0.05, 0.1) is 0 Å². The molecular weight excluding hydrogens is 130 g/mol. The molecule has 3 atom stereocenters. The number of carbonyl (C=O) groups is 1. The van der Waals surface area contributed by atoms with Gasteiger partial charge in [0.1, 0.15) is 6.04 Å². The largest absolute Gasteiger partial charge is 0.480 e. The Morgan fingerprint density at radius 1 is 1.50 bits per heavy atom. The molecule has 2 aliphatic rings. The molecule has 1 saturated carbocycles. The number of hydrogen-bond acceptors (Lipinski definition) is 2. The van der Waals surface area contributed by atoms with Crippen molar-refractivity contribution in [2.75, 3.05) is 6.54 Å². The fraction of sp³-hybridized carbons (Fsp3) is 0.857. The van der Waals surface area contributed by atoms with Crippen LogP contribution in [0.25, 0.3) is 0 Å². The lowest BCUT2D eigenvalue weighted by Gasteiger charge is -2.30. The first-order valence-corrected chi connectivity index (χ1v) is 3.75. The Morgan fingerprint density at radius 2 is 2.30 bits per heavy atom. The second kappa shape index (κ2) is 1.95. The Morgan fingerprint density at radius 3 is 2.60 bits per heavy atom. The van der Waals surface area contributed by atoms with Gasteiger partial charge in [-0.2, -0.15) is 0 Å². The average molecular weight is 141 g/mol. The number of nitrogens with one attached hydrogen (secondary N) is 1. The average Bonchev–Trinajstić information content (AvgIpc) is 2.07. The van der Waals surface area contributed by atoms with Gasteiger partial charge in [0.25, 0.3) is 0 Å². The van der Waals surface area contributed by atoms with Gasteiger partial charge in [-0.05, 0) is 31.2 Å². The van der Waals surface area contributed by atoms with Crippen LogP contribution >= 0.6 is 0 Å². The van der Waals surface area contributed by atoms with Crippen LogP contribution in [-0.2, 0) is 4.79 Å². The van der Waals surface area contributed by atoms with E-state index in [2.05, 4.69) is 5.32 Å². The van der Waals surface area contributed by atoms with E-state index in [1.54, 1.807) is 0 Å². The Kier molecular flexibility index (Phi) is 1.20. The summed E-state index contributed by atoms with van der Waals surface area (Å²) in [5, 5.41) is 11.7. The lowest BCUT2D eigenvalue weighted by Crippen LogP contribution is -2.38. The summed E-state index contributed by atoms with van der Waals surface area (Å²) >= 11 is 0. The summed E-state index contributed by atoms with van der Waals surface area (Å²) in [6.45, 7) is 0.918. The topological polar surface area (TPSA) is 49.3 Å². The number of rotatable bonds is 1. The molecular formula is C7H11NO2. The van der Waals surface area contributed by atoms with E-state index in [-0.39, 0.29) is 6.04 Å². The van der Waals surface area contributed by atoms with Crippen LogP contribution in [0.4, 0.5) is 0 Å². The van der Waals surface area contributed by atoms with Crippen molar-refractivity contribution in [3.05, 3.63) is 0 Å². The van der Waals surface area contributed by atoms with Gasteiger partial charge in [0.15, 0.2) is 0 Å². The van der Waals surface area contributed by atoms with E-state index in [4.69, 9.17) is 5.11 Å². The van der Waals surface area contributed by atoms with Crippen LogP contribution in [-0.4, -0.2) is 23.7 Å². The summed E-state index contributed by atoms with van der Waals surface area (Å²) in [7, 11) is 0. The Balaban J connectivity index is 2.05. The van der Waals surface area contributed by atoms with Gasteiger partial charge < -0.3 is 10.4 Å². The zero-order valence-electron chi connectivity index (χ0n) is 5.71. The van der Waals surface area contributed by atoms with Gasteiger partial charge in [0, 0.05) is 0 Å². The highest BCUT2D eigenvalue weighted by molar-refractivity contribution is 5.74. The smallest absolute Gasteiger partial charge is 0.320 e. The van der Waals surface area contributed by atoms with Gasteiger partial charge in [0.2, 0.25) is 0 Å². The first-order valence-electron chi connectivity index (χ1n) is 3.75. The van der Waals surface area contributed by atoms with Crippen LogP contribution in [0.2, 0.25) is 0 Å². The number of hydrogen-bond donors (Lipinski definition) is 2. The number of carboxylic acid groups (broad SMARTS) is 1. The molecule has 0 aromatic rings. The van der Waals surface area contributed by atoms with Crippen LogP contribution in [0.1, 0.15) is 12.8 Å². The highest BCUT2D eigenvalue weighted by atomic mass is 16.4. The highest BCUT2D eigenvalue weighted by Gasteiger charge is 2.45. The van der Waals surface area contributed by atoms with Crippen LogP contribution in [0.15, 0.2) is 0 Å². The van der Waals surface area contributed by atoms with Crippen molar-refractivity contribution in [3.63, 3.8) is 0 Å². The third-order valence-electron chi connectivity index (χ3n) is 2.77. The highest BCUT2D eigenvalue weighted by Crippen LogP contribution is 2.40. The second-order valence-corrected chi connectivity index (χ2v) is 3.23. The quantitative estimate of drug-likeness (QED) is 0.543. The van der Waals surface area contributed by atoms with Gasteiger partial charge in [-0.25, -0.2) is 0 Å². The van der Waals surface area contributed by atoms with Gasteiger partial charge in [-0.1, -0.05) is 0 Å². The maximum absolute atomic E-state index is 10.5. The summed E-state index contributed by atoms with van der Waals surface area (Å²) in [4.78, 5) is 10.5. The molecule has 2 fully saturated rings. The molecule has 0 radical (unpaired) electrons. The lowest BCUT2D eigenvalue weighted by atomic mass is 9.73. The van der Waals surface area contributed by atoms with Gasteiger partial charge in [-0.3, -0.25) is 4.79 Å². The van der Waals surface area contributed by atoms with Crippen molar-refractivity contribution >= 4 is 5.97 Å². The molecule has 0 amide bonds. The van der Waals surface area contributed by atoms with E-state index >= 15 is 0 Å². The Labute approximate surface area is 59.4 Å². The standard InChI is InChI=1S/C7H11NO2/c9-7(10)6-5-2-1-4(5)3-8-6/h4-6,8H,1-3H2,(H,9,10). The molecule has 1 aliphatic heterocycles. The van der Waals surface area contributed by atoms with Crippen molar-refractivity contribution in [1.82, 2.24) is 5.32 Å². The minimum atomic E-state index is -0.674. The van der Waals surface area contributed by atoms with Crippen molar-refractivity contribution in [2.24, 2.45) is 11.8 Å². The fourth-order valence-electron chi connectivity index (χ4n) is 1.99. The molecule has 1 aliphatic carbocycles.